The van der Waals surface area contributed by atoms with E-state index in [2.05, 4.69) is 38.3 Å². The molecule has 88 valence electrons. The Bertz CT molecular complexity index is 216. The van der Waals surface area contributed by atoms with Gasteiger partial charge in [-0.05, 0) is 45.4 Å². The molecule has 3 nitrogen and oxygen atoms in total. The van der Waals surface area contributed by atoms with E-state index < -0.39 is 0 Å². The Morgan fingerprint density at radius 2 is 2.00 bits per heavy atom. The van der Waals surface area contributed by atoms with Gasteiger partial charge in [0.2, 0.25) is 5.91 Å². The molecule has 0 aliphatic heterocycles. The molecule has 15 heavy (non-hydrogen) atoms. The van der Waals surface area contributed by atoms with E-state index in [4.69, 9.17) is 0 Å². The van der Waals surface area contributed by atoms with Gasteiger partial charge in [-0.3, -0.25) is 4.79 Å². The first-order valence-electron chi connectivity index (χ1n) is 5.90. The predicted molar refractivity (Wildman–Crippen MR) is 62.7 cm³/mol. The topological polar surface area (TPSA) is 41.1 Å². The maximum Gasteiger partial charge on any atom is 0.233 e. The van der Waals surface area contributed by atoms with Crippen LogP contribution in [0.5, 0.6) is 0 Å². The number of rotatable bonds is 5. The molecule has 1 saturated carbocycles. The van der Waals surface area contributed by atoms with Gasteiger partial charge < -0.3 is 10.6 Å². The largest absolute Gasteiger partial charge is 0.355 e. The highest BCUT2D eigenvalue weighted by atomic mass is 16.1. The third kappa shape index (κ3) is 5.78. The number of amides is 1. The fraction of sp³-hybridized carbons (Fsp3) is 0.917. The maximum atomic E-state index is 11.5. The monoisotopic (exact) mass is 212 g/mol. The van der Waals surface area contributed by atoms with Crippen molar-refractivity contribution in [2.75, 3.05) is 13.1 Å². The lowest BCUT2D eigenvalue weighted by molar-refractivity contribution is -0.120. The summed E-state index contributed by atoms with van der Waals surface area (Å²) in [5, 5.41) is 6.15. The van der Waals surface area contributed by atoms with Gasteiger partial charge in [0.05, 0.1) is 6.54 Å². The van der Waals surface area contributed by atoms with Gasteiger partial charge in [0.1, 0.15) is 0 Å². The Morgan fingerprint density at radius 3 is 2.47 bits per heavy atom. The molecule has 1 unspecified atom stereocenters. The molecule has 0 aromatic heterocycles. The third-order valence-corrected chi connectivity index (χ3v) is 2.83. The quantitative estimate of drug-likeness (QED) is 0.726. The molecule has 0 heterocycles. The molecule has 1 aliphatic rings. The molecule has 1 fully saturated rings. The van der Waals surface area contributed by atoms with E-state index >= 15 is 0 Å². The molecule has 3 heteroatoms. The summed E-state index contributed by atoms with van der Waals surface area (Å²) in [6, 6.07) is 0. The van der Waals surface area contributed by atoms with Gasteiger partial charge in [0, 0.05) is 12.1 Å². The molecule has 1 rings (SSSR count). The average Bonchev–Trinajstić information content (AvgIpc) is 2.92. The summed E-state index contributed by atoms with van der Waals surface area (Å²) in [5.74, 6) is 1.61. The van der Waals surface area contributed by atoms with Crippen molar-refractivity contribution in [1.29, 1.82) is 0 Å². The Kier molecular flexibility index (Phi) is 4.14. The number of carbonyl (C=O) groups is 1. The van der Waals surface area contributed by atoms with Crippen LogP contribution in [0.4, 0.5) is 0 Å². The molecule has 0 radical (unpaired) electrons. The Hall–Kier alpha value is -0.570. The summed E-state index contributed by atoms with van der Waals surface area (Å²) in [4.78, 5) is 11.5. The number of nitrogens with one attached hydrogen (secondary N) is 2. The number of hydrogen-bond acceptors (Lipinski definition) is 2. The zero-order valence-corrected chi connectivity index (χ0v) is 10.4. The Labute approximate surface area is 93.0 Å². The van der Waals surface area contributed by atoms with Crippen molar-refractivity contribution in [3.63, 3.8) is 0 Å². The van der Waals surface area contributed by atoms with E-state index in [0.29, 0.717) is 12.5 Å². The summed E-state index contributed by atoms with van der Waals surface area (Å²) in [6.45, 7) is 9.65. The lowest BCUT2D eigenvalue weighted by Gasteiger charge is -2.20. The van der Waals surface area contributed by atoms with Crippen molar-refractivity contribution in [1.82, 2.24) is 10.6 Å². The van der Waals surface area contributed by atoms with Crippen LogP contribution in [0, 0.1) is 11.8 Å². The summed E-state index contributed by atoms with van der Waals surface area (Å²) in [5.41, 5.74) is 0.0133. The number of carbonyl (C=O) groups excluding carboxylic acids is 1. The second-order valence-corrected chi connectivity index (χ2v) is 5.72. The van der Waals surface area contributed by atoms with Gasteiger partial charge in [-0.1, -0.05) is 6.92 Å². The van der Waals surface area contributed by atoms with Crippen LogP contribution in [0.3, 0.4) is 0 Å². The van der Waals surface area contributed by atoms with E-state index in [1.165, 1.54) is 12.8 Å². The summed E-state index contributed by atoms with van der Waals surface area (Å²) >= 11 is 0. The van der Waals surface area contributed by atoms with Gasteiger partial charge in [-0.2, -0.15) is 0 Å². The SMILES string of the molecule is CC(CNC(=O)CNC(C)(C)C)C1CC1. The van der Waals surface area contributed by atoms with Gasteiger partial charge >= 0.3 is 0 Å². The fourth-order valence-corrected chi connectivity index (χ4v) is 1.51. The number of hydrogen-bond donors (Lipinski definition) is 2. The standard InChI is InChI=1S/C12H24N2O/c1-9(10-5-6-10)7-13-11(15)8-14-12(2,3)4/h9-10,14H,5-8H2,1-4H3,(H,13,15). The molecule has 0 spiro atoms. The highest BCUT2D eigenvalue weighted by Crippen LogP contribution is 2.35. The summed E-state index contributed by atoms with van der Waals surface area (Å²) in [7, 11) is 0. The van der Waals surface area contributed by atoms with E-state index in [9.17, 15) is 4.79 Å². The second kappa shape index (κ2) is 4.97. The zero-order valence-electron chi connectivity index (χ0n) is 10.4. The van der Waals surface area contributed by atoms with E-state index in [-0.39, 0.29) is 11.4 Å². The normalized spacial score (nSPS) is 18.7. The van der Waals surface area contributed by atoms with Gasteiger partial charge in [0.15, 0.2) is 0 Å². The highest BCUT2D eigenvalue weighted by Gasteiger charge is 2.27. The highest BCUT2D eigenvalue weighted by molar-refractivity contribution is 5.78. The molecule has 2 N–H and O–H groups in total. The van der Waals surface area contributed by atoms with Crippen LogP contribution in [-0.4, -0.2) is 24.5 Å². The zero-order chi connectivity index (χ0) is 11.5. The molecule has 0 aromatic rings. The molecule has 0 bridgehead atoms. The first-order valence-corrected chi connectivity index (χ1v) is 5.90. The Morgan fingerprint density at radius 1 is 1.40 bits per heavy atom. The second-order valence-electron chi connectivity index (χ2n) is 5.72. The van der Waals surface area contributed by atoms with Crippen LogP contribution in [0.1, 0.15) is 40.5 Å². The molecule has 0 aromatic carbocycles. The van der Waals surface area contributed by atoms with Crippen LogP contribution in [-0.2, 0) is 4.79 Å². The van der Waals surface area contributed by atoms with Crippen LogP contribution in [0.25, 0.3) is 0 Å². The fourth-order valence-electron chi connectivity index (χ4n) is 1.51. The van der Waals surface area contributed by atoms with Crippen molar-refractivity contribution in [3.05, 3.63) is 0 Å². The first kappa shape index (κ1) is 12.5. The van der Waals surface area contributed by atoms with Crippen molar-refractivity contribution in [2.24, 2.45) is 11.8 Å². The van der Waals surface area contributed by atoms with Gasteiger partial charge in [-0.15, -0.1) is 0 Å². The summed E-state index contributed by atoms with van der Waals surface area (Å²) < 4.78 is 0. The average molecular weight is 212 g/mol. The minimum atomic E-state index is 0.0133. The maximum absolute atomic E-state index is 11.5. The van der Waals surface area contributed by atoms with Crippen molar-refractivity contribution >= 4 is 5.91 Å². The van der Waals surface area contributed by atoms with E-state index in [0.717, 1.165) is 12.5 Å². The minimum Gasteiger partial charge on any atom is -0.355 e. The molecule has 1 atom stereocenters. The van der Waals surface area contributed by atoms with E-state index in [1.807, 2.05) is 0 Å². The molecule has 1 amide bonds. The first-order chi connectivity index (χ1) is 6.88. The predicted octanol–water partition coefficient (Wildman–Crippen LogP) is 1.54. The third-order valence-electron chi connectivity index (χ3n) is 2.83. The lowest BCUT2D eigenvalue weighted by atomic mass is 10.1. The van der Waals surface area contributed by atoms with Crippen molar-refractivity contribution in [2.45, 2.75) is 46.1 Å². The summed E-state index contributed by atoms with van der Waals surface area (Å²) in [6.07, 6.45) is 2.69. The van der Waals surface area contributed by atoms with Gasteiger partial charge in [-0.25, -0.2) is 0 Å². The molecular weight excluding hydrogens is 188 g/mol. The van der Waals surface area contributed by atoms with Crippen LogP contribution < -0.4 is 10.6 Å². The molecule has 1 aliphatic carbocycles. The molecular formula is C12H24N2O. The molecule has 0 saturated heterocycles. The van der Waals surface area contributed by atoms with Crippen molar-refractivity contribution < 1.29 is 4.79 Å². The van der Waals surface area contributed by atoms with Crippen LogP contribution in [0.15, 0.2) is 0 Å². The lowest BCUT2D eigenvalue weighted by Crippen LogP contribution is -2.44. The van der Waals surface area contributed by atoms with Crippen molar-refractivity contribution in [3.8, 4) is 0 Å². The minimum absolute atomic E-state index is 0.0133. The van der Waals surface area contributed by atoms with Crippen LogP contribution in [0.2, 0.25) is 0 Å². The Balaban J connectivity index is 2.07. The smallest absolute Gasteiger partial charge is 0.233 e. The van der Waals surface area contributed by atoms with E-state index in [1.54, 1.807) is 0 Å². The van der Waals surface area contributed by atoms with Gasteiger partial charge in [0.25, 0.3) is 0 Å². The van der Waals surface area contributed by atoms with Crippen LogP contribution >= 0.6 is 0 Å².